The Hall–Kier alpha value is -6.52. The number of carbonyl (C=O) groups excluding carboxylic acids is 11. The number of carboxylic acids is 1. The molecule has 344 valence electrons. The smallest absolute Gasteiger partial charge is 0.326 e. The third-order valence-electron chi connectivity index (χ3n) is 8.22. The van der Waals surface area contributed by atoms with Crippen LogP contribution in [0.1, 0.15) is 58.3 Å². The van der Waals surface area contributed by atoms with Crippen LogP contribution in [0.4, 0.5) is 0 Å². The van der Waals surface area contributed by atoms with Crippen LogP contribution in [0.25, 0.3) is 0 Å². The van der Waals surface area contributed by atoms with Gasteiger partial charge in [0.25, 0.3) is 0 Å². The average molecular weight is 876 g/mol. The predicted octanol–water partition coefficient (Wildman–Crippen LogP) is -9.92. The molecule has 0 fully saturated rings. The molecule has 21 N–H and O–H groups in total. The maximum Gasteiger partial charge on any atom is 0.326 e. The highest BCUT2D eigenvalue weighted by Crippen LogP contribution is 2.05. The van der Waals surface area contributed by atoms with Gasteiger partial charge in [-0.1, -0.05) is 0 Å². The first-order valence-corrected chi connectivity index (χ1v) is 18.7. The lowest BCUT2D eigenvalue weighted by molar-refractivity contribution is -0.144. The van der Waals surface area contributed by atoms with Gasteiger partial charge in [0.1, 0.15) is 36.3 Å². The van der Waals surface area contributed by atoms with Crippen molar-refractivity contribution in [2.45, 2.75) is 101 Å². The molecule has 0 aliphatic rings. The summed E-state index contributed by atoms with van der Waals surface area (Å²) in [5.74, 6) is -12.3. The minimum atomic E-state index is -1.76. The predicted molar refractivity (Wildman–Crippen MR) is 207 cm³/mol. The number of aliphatic hydroxyl groups excluding tert-OH is 2. The van der Waals surface area contributed by atoms with Gasteiger partial charge in [0, 0.05) is 12.8 Å². The Bertz CT molecular complexity index is 1600. The number of carbonyl (C=O) groups is 12. The highest BCUT2D eigenvalue weighted by molar-refractivity contribution is 5.97. The number of hydrogen-bond donors (Lipinski definition) is 16. The minimum absolute atomic E-state index is 0.0102. The van der Waals surface area contributed by atoms with Crippen LogP contribution < -0.4 is 71.2 Å². The van der Waals surface area contributed by atoms with Crippen LogP contribution in [0.2, 0.25) is 0 Å². The van der Waals surface area contributed by atoms with Crippen molar-refractivity contribution in [3.05, 3.63) is 0 Å². The normalized spacial score (nSPS) is 14.1. The maximum absolute atomic E-state index is 13.3. The molecule has 0 bridgehead atoms. The second kappa shape index (κ2) is 28.8. The number of nitrogens with two attached hydrogens (primary N) is 5. The standard InChI is InChI=1S/C33H57N13O15/c1-15(41-28(55)16(35)5-7-22(36)49)27(54)43-17(4-2-3-9-34)30(57)46-21(14-48)32(59)44-18(6-8-23(37)50)29(56)40-11-25(52)39-12-26(53)42-20(13-47)31(58)45-19(33(60)61)10-24(38)51/h15-21,47-48H,2-14,34-35H2,1H3,(H2,36,49)(H2,37,50)(H2,38,51)(H,39,52)(H,40,56)(H,41,55)(H,42,53)(H,43,54)(H,44,59)(H,45,58)(H,46,57)(H,60,61)/t15-,16-,17-,18-,19+,20-,21-/m0/s1. The fraction of sp³-hybridized carbons (Fsp3) is 0.636. The van der Waals surface area contributed by atoms with Gasteiger partial charge in [-0.2, -0.15) is 0 Å². The summed E-state index contributed by atoms with van der Waals surface area (Å²) in [6.07, 6.45) is -1.23. The summed E-state index contributed by atoms with van der Waals surface area (Å²) in [6.45, 7) is -2.17. The van der Waals surface area contributed by atoms with Crippen molar-refractivity contribution in [3.63, 3.8) is 0 Å². The molecular formula is C33H57N13O15. The van der Waals surface area contributed by atoms with Gasteiger partial charge < -0.3 is 86.5 Å². The van der Waals surface area contributed by atoms with E-state index >= 15 is 0 Å². The Labute approximate surface area is 348 Å². The summed E-state index contributed by atoms with van der Waals surface area (Å²) in [5, 5.41) is 46.0. The number of aliphatic hydroxyl groups is 2. The number of amides is 11. The molecule has 61 heavy (non-hydrogen) atoms. The second-order valence-corrected chi connectivity index (χ2v) is 13.4. The van der Waals surface area contributed by atoms with Gasteiger partial charge in [0.05, 0.1) is 38.8 Å². The molecule has 28 heteroatoms. The van der Waals surface area contributed by atoms with Crippen molar-refractivity contribution in [2.24, 2.45) is 28.7 Å². The summed E-state index contributed by atoms with van der Waals surface area (Å²) in [5.41, 5.74) is 26.5. The average Bonchev–Trinajstić information content (AvgIpc) is 3.19. The monoisotopic (exact) mass is 875 g/mol. The molecule has 0 spiro atoms. The van der Waals surface area contributed by atoms with Gasteiger partial charge in [0.2, 0.25) is 65.0 Å². The Morgan fingerprint density at radius 1 is 0.508 bits per heavy atom. The summed E-state index contributed by atoms with van der Waals surface area (Å²) in [7, 11) is 0. The number of hydrogen-bond acceptors (Lipinski definition) is 16. The molecule has 0 saturated heterocycles. The van der Waals surface area contributed by atoms with Crippen LogP contribution in [-0.2, 0) is 57.5 Å². The second-order valence-electron chi connectivity index (χ2n) is 13.4. The molecule has 0 radical (unpaired) electrons. The van der Waals surface area contributed by atoms with E-state index in [0.717, 1.165) is 0 Å². The number of rotatable bonds is 31. The van der Waals surface area contributed by atoms with Crippen LogP contribution in [0.15, 0.2) is 0 Å². The minimum Gasteiger partial charge on any atom is -0.480 e. The van der Waals surface area contributed by atoms with Crippen molar-refractivity contribution >= 4 is 70.9 Å². The van der Waals surface area contributed by atoms with Crippen molar-refractivity contribution in [1.29, 1.82) is 0 Å². The van der Waals surface area contributed by atoms with Gasteiger partial charge in [-0.05, 0) is 45.6 Å². The van der Waals surface area contributed by atoms with Gasteiger partial charge in [0.15, 0.2) is 0 Å². The summed E-state index contributed by atoms with van der Waals surface area (Å²) in [6, 6.07) is -10.5. The van der Waals surface area contributed by atoms with Gasteiger partial charge in [-0.15, -0.1) is 0 Å². The van der Waals surface area contributed by atoms with Gasteiger partial charge >= 0.3 is 5.97 Å². The van der Waals surface area contributed by atoms with E-state index in [4.69, 9.17) is 33.8 Å². The van der Waals surface area contributed by atoms with E-state index in [0.29, 0.717) is 12.8 Å². The van der Waals surface area contributed by atoms with Crippen molar-refractivity contribution in [2.75, 3.05) is 32.8 Å². The van der Waals surface area contributed by atoms with Crippen LogP contribution in [0.3, 0.4) is 0 Å². The van der Waals surface area contributed by atoms with Crippen LogP contribution >= 0.6 is 0 Å². The summed E-state index contributed by atoms with van der Waals surface area (Å²) < 4.78 is 0. The largest absolute Gasteiger partial charge is 0.480 e. The van der Waals surface area contributed by atoms with E-state index in [9.17, 15) is 67.7 Å². The molecule has 0 heterocycles. The molecule has 11 amide bonds. The third kappa shape index (κ3) is 23.0. The van der Waals surface area contributed by atoms with Crippen LogP contribution in [0, 0.1) is 0 Å². The molecule has 0 aliphatic heterocycles. The van der Waals surface area contributed by atoms with Crippen molar-refractivity contribution in [3.8, 4) is 0 Å². The van der Waals surface area contributed by atoms with Crippen LogP contribution in [-0.4, -0.2) is 161 Å². The Balaban J connectivity index is 5.55. The zero-order valence-electron chi connectivity index (χ0n) is 33.4. The molecule has 0 aliphatic carbocycles. The van der Waals surface area contributed by atoms with E-state index in [1.54, 1.807) is 0 Å². The molecule has 0 saturated carbocycles. The van der Waals surface area contributed by atoms with E-state index in [-0.39, 0.29) is 25.8 Å². The lowest BCUT2D eigenvalue weighted by Gasteiger charge is -2.25. The molecule has 7 atom stereocenters. The molecule has 28 nitrogen and oxygen atoms in total. The Morgan fingerprint density at radius 2 is 0.984 bits per heavy atom. The highest BCUT2D eigenvalue weighted by Gasteiger charge is 2.32. The quantitative estimate of drug-likeness (QED) is 0.0288. The number of primary amides is 3. The first kappa shape index (κ1) is 54.5. The van der Waals surface area contributed by atoms with Gasteiger partial charge in [-0.25, -0.2) is 4.79 Å². The molecule has 0 aromatic rings. The number of unbranched alkanes of at least 4 members (excludes halogenated alkanes) is 1. The Morgan fingerprint density at radius 3 is 1.51 bits per heavy atom. The Kier molecular flexibility index (Phi) is 25.7. The third-order valence-corrected chi connectivity index (χ3v) is 8.22. The number of aliphatic carboxylic acids is 1. The lowest BCUT2D eigenvalue weighted by atomic mass is 10.1. The highest BCUT2D eigenvalue weighted by atomic mass is 16.4. The fourth-order valence-electron chi connectivity index (χ4n) is 4.81. The zero-order chi connectivity index (χ0) is 46.8. The zero-order valence-corrected chi connectivity index (χ0v) is 33.4. The summed E-state index contributed by atoms with van der Waals surface area (Å²) in [4.78, 5) is 147. The van der Waals surface area contributed by atoms with E-state index in [1.165, 1.54) is 6.92 Å². The van der Waals surface area contributed by atoms with E-state index in [2.05, 4.69) is 31.9 Å². The molecule has 0 rings (SSSR count). The molecule has 0 unspecified atom stereocenters. The fourth-order valence-corrected chi connectivity index (χ4v) is 4.81. The molecule has 0 aromatic heterocycles. The number of nitrogens with one attached hydrogen (secondary N) is 8. The van der Waals surface area contributed by atoms with Gasteiger partial charge in [-0.3, -0.25) is 52.7 Å². The first-order valence-electron chi connectivity index (χ1n) is 18.7. The van der Waals surface area contributed by atoms with Crippen molar-refractivity contribution in [1.82, 2.24) is 42.5 Å². The first-order chi connectivity index (χ1) is 28.6. The number of carboxylic acid groups (broad SMARTS) is 1. The van der Waals surface area contributed by atoms with Crippen molar-refractivity contribution < 1.29 is 72.9 Å². The topological polar surface area (TPSA) is 492 Å². The maximum atomic E-state index is 13.3. The van der Waals surface area contributed by atoms with E-state index < -0.39 is 159 Å². The lowest BCUT2D eigenvalue weighted by Crippen LogP contribution is -2.59. The van der Waals surface area contributed by atoms with E-state index in [1.807, 2.05) is 10.6 Å². The molecule has 0 aromatic carbocycles. The SMILES string of the molecule is C[C@H](NC(=O)[C@@H](N)CCC(N)=O)C(=O)N[C@@H](CCCCN)C(=O)N[C@@H](CO)C(=O)N[C@@H](CCC(N)=O)C(=O)NCC(=O)NCC(=O)N[C@@H](CO)C(=O)N[C@H](CC(N)=O)C(=O)O. The van der Waals surface area contributed by atoms with Crippen LogP contribution in [0.5, 0.6) is 0 Å². The summed E-state index contributed by atoms with van der Waals surface area (Å²) >= 11 is 0. The molecular weight excluding hydrogens is 818 g/mol.